The molecule has 1 aliphatic carbocycles. The second kappa shape index (κ2) is 6.75. The number of carbonyl (C=O) groups excluding carboxylic acids is 1. The van der Waals surface area contributed by atoms with Crippen molar-refractivity contribution < 1.29 is 9.18 Å². The SMILES string of the molecule is O=C(NC1CC1c1ccccc1)N1CCN(c2ccccc2F)CC1. The molecule has 1 aliphatic heterocycles. The largest absolute Gasteiger partial charge is 0.366 e. The fourth-order valence-electron chi connectivity index (χ4n) is 3.53. The third-order valence-corrected chi connectivity index (χ3v) is 5.09. The first-order valence-electron chi connectivity index (χ1n) is 8.82. The number of carbonyl (C=O) groups is 1. The van der Waals surface area contributed by atoms with E-state index < -0.39 is 0 Å². The third kappa shape index (κ3) is 3.45. The predicted molar refractivity (Wildman–Crippen MR) is 96.3 cm³/mol. The van der Waals surface area contributed by atoms with Gasteiger partial charge in [0.2, 0.25) is 0 Å². The second-order valence-corrected chi connectivity index (χ2v) is 6.73. The highest BCUT2D eigenvalue weighted by molar-refractivity contribution is 5.75. The van der Waals surface area contributed by atoms with Gasteiger partial charge in [0.1, 0.15) is 5.82 Å². The summed E-state index contributed by atoms with van der Waals surface area (Å²) in [7, 11) is 0. The van der Waals surface area contributed by atoms with E-state index in [1.807, 2.05) is 34.1 Å². The number of urea groups is 1. The molecule has 1 saturated heterocycles. The molecule has 0 spiro atoms. The van der Waals surface area contributed by atoms with Crippen molar-refractivity contribution in [3.8, 4) is 0 Å². The van der Waals surface area contributed by atoms with Gasteiger partial charge in [0.05, 0.1) is 5.69 Å². The Labute approximate surface area is 147 Å². The number of piperazine rings is 1. The summed E-state index contributed by atoms with van der Waals surface area (Å²) >= 11 is 0. The van der Waals surface area contributed by atoms with Crippen LogP contribution in [0.5, 0.6) is 0 Å². The van der Waals surface area contributed by atoms with E-state index in [1.165, 1.54) is 11.6 Å². The molecule has 2 aromatic rings. The number of hydrogen-bond acceptors (Lipinski definition) is 2. The molecule has 25 heavy (non-hydrogen) atoms. The summed E-state index contributed by atoms with van der Waals surface area (Å²) in [6.45, 7) is 2.54. The van der Waals surface area contributed by atoms with Crippen LogP contribution in [0.1, 0.15) is 17.9 Å². The molecular weight excluding hydrogens is 317 g/mol. The van der Waals surface area contributed by atoms with E-state index in [1.54, 1.807) is 12.1 Å². The molecule has 2 fully saturated rings. The minimum absolute atomic E-state index is 0.00313. The minimum atomic E-state index is -0.205. The highest BCUT2D eigenvalue weighted by atomic mass is 19.1. The van der Waals surface area contributed by atoms with Gasteiger partial charge in [0, 0.05) is 38.1 Å². The quantitative estimate of drug-likeness (QED) is 0.932. The lowest BCUT2D eigenvalue weighted by Crippen LogP contribution is -2.52. The number of amides is 2. The molecule has 1 heterocycles. The van der Waals surface area contributed by atoms with E-state index in [0.717, 1.165) is 6.42 Å². The normalized spacial score (nSPS) is 22.6. The third-order valence-electron chi connectivity index (χ3n) is 5.09. The Bertz CT molecular complexity index is 744. The monoisotopic (exact) mass is 339 g/mol. The first kappa shape index (κ1) is 15.9. The van der Waals surface area contributed by atoms with Crippen LogP contribution in [-0.2, 0) is 0 Å². The predicted octanol–water partition coefficient (Wildman–Crippen LogP) is 3.21. The van der Waals surface area contributed by atoms with Crippen molar-refractivity contribution in [1.82, 2.24) is 10.2 Å². The van der Waals surface area contributed by atoms with Gasteiger partial charge in [0.15, 0.2) is 0 Å². The Hall–Kier alpha value is -2.56. The van der Waals surface area contributed by atoms with Gasteiger partial charge in [-0.15, -0.1) is 0 Å². The van der Waals surface area contributed by atoms with Crippen LogP contribution in [0.4, 0.5) is 14.9 Å². The summed E-state index contributed by atoms with van der Waals surface area (Å²) in [4.78, 5) is 16.3. The summed E-state index contributed by atoms with van der Waals surface area (Å²) in [5.74, 6) is 0.230. The zero-order valence-corrected chi connectivity index (χ0v) is 14.1. The highest BCUT2D eigenvalue weighted by Gasteiger charge is 2.40. The molecule has 2 atom stereocenters. The van der Waals surface area contributed by atoms with Gasteiger partial charge in [-0.25, -0.2) is 9.18 Å². The van der Waals surface area contributed by atoms with Crippen LogP contribution >= 0.6 is 0 Å². The van der Waals surface area contributed by atoms with E-state index in [2.05, 4.69) is 17.4 Å². The smallest absolute Gasteiger partial charge is 0.317 e. The molecule has 0 bridgehead atoms. The molecule has 2 aliphatic rings. The number of nitrogens with zero attached hydrogens (tertiary/aromatic N) is 2. The lowest BCUT2D eigenvalue weighted by atomic mass is 10.1. The molecule has 130 valence electrons. The summed E-state index contributed by atoms with van der Waals surface area (Å²) < 4.78 is 13.9. The maximum Gasteiger partial charge on any atom is 0.317 e. The van der Waals surface area contributed by atoms with Crippen molar-refractivity contribution in [2.75, 3.05) is 31.1 Å². The maximum absolute atomic E-state index is 13.9. The van der Waals surface area contributed by atoms with Crippen LogP contribution < -0.4 is 10.2 Å². The Balaban J connectivity index is 1.28. The van der Waals surface area contributed by atoms with E-state index in [4.69, 9.17) is 0 Å². The molecule has 4 nitrogen and oxygen atoms in total. The minimum Gasteiger partial charge on any atom is -0.366 e. The van der Waals surface area contributed by atoms with Crippen LogP contribution in [-0.4, -0.2) is 43.2 Å². The van der Waals surface area contributed by atoms with E-state index >= 15 is 0 Å². The topological polar surface area (TPSA) is 35.6 Å². The second-order valence-electron chi connectivity index (χ2n) is 6.73. The van der Waals surface area contributed by atoms with Crippen molar-refractivity contribution >= 4 is 11.7 Å². The van der Waals surface area contributed by atoms with Crippen LogP contribution in [0.25, 0.3) is 0 Å². The molecule has 2 unspecified atom stereocenters. The number of benzene rings is 2. The van der Waals surface area contributed by atoms with Crippen LogP contribution in [0.2, 0.25) is 0 Å². The zero-order chi connectivity index (χ0) is 17.2. The molecular formula is C20H22FN3O. The molecule has 0 radical (unpaired) electrons. The Morgan fingerprint density at radius 1 is 0.960 bits per heavy atom. The van der Waals surface area contributed by atoms with Gasteiger partial charge in [-0.1, -0.05) is 42.5 Å². The van der Waals surface area contributed by atoms with Crippen molar-refractivity contribution in [1.29, 1.82) is 0 Å². The standard InChI is InChI=1S/C20H22FN3O/c21-17-8-4-5-9-19(17)23-10-12-24(13-11-23)20(25)22-18-14-16(18)15-6-2-1-3-7-15/h1-9,16,18H,10-14H2,(H,22,25). The lowest BCUT2D eigenvalue weighted by molar-refractivity contribution is 0.193. The summed E-state index contributed by atoms with van der Waals surface area (Å²) in [6, 6.07) is 17.3. The fourth-order valence-corrected chi connectivity index (χ4v) is 3.53. The maximum atomic E-state index is 13.9. The van der Waals surface area contributed by atoms with E-state index in [0.29, 0.717) is 37.8 Å². The van der Waals surface area contributed by atoms with Gasteiger partial charge in [-0.05, 0) is 24.1 Å². The molecule has 0 aromatic heterocycles. The van der Waals surface area contributed by atoms with E-state index in [-0.39, 0.29) is 17.9 Å². The van der Waals surface area contributed by atoms with Crippen molar-refractivity contribution in [2.45, 2.75) is 18.4 Å². The average Bonchev–Trinajstić information content (AvgIpc) is 3.42. The molecule has 5 heteroatoms. The summed E-state index contributed by atoms with van der Waals surface area (Å²) in [6.07, 6.45) is 1.00. The molecule has 2 aromatic carbocycles. The van der Waals surface area contributed by atoms with Gasteiger partial charge < -0.3 is 15.1 Å². The first-order chi connectivity index (χ1) is 12.2. The lowest BCUT2D eigenvalue weighted by Gasteiger charge is -2.36. The Morgan fingerprint density at radius 3 is 2.36 bits per heavy atom. The Kier molecular flexibility index (Phi) is 4.30. The number of rotatable bonds is 3. The Morgan fingerprint density at radius 2 is 1.64 bits per heavy atom. The number of anilines is 1. The van der Waals surface area contributed by atoms with Gasteiger partial charge >= 0.3 is 6.03 Å². The average molecular weight is 339 g/mol. The zero-order valence-electron chi connectivity index (χ0n) is 14.1. The van der Waals surface area contributed by atoms with Gasteiger partial charge in [-0.2, -0.15) is 0 Å². The van der Waals surface area contributed by atoms with Gasteiger partial charge in [-0.3, -0.25) is 0 Å². The number of hydrogen-bond donors (Lipinski definition) is 1. The van der Waals surface area contributed by atoms with Gasteiger partial charge in [0.25, 0.3) is 0 Å². The fraction of sp³-hybridized carbons (Fsp3) is 0.350. The number of halogens is 1. The van der Waals surface area contributed by atoms with Crippen LogP contribution in [0, 0.1) is 5.82 Å². The highest BCUT2D eigenvalue weighted by Crippen LogP contribution is 2.40. The van der Waals surface area contributed by atoms with Crippen molar-refractivity contribution in [3.63, 3.8) is 0 Å². The van der Waals surface area contributed by atoms with Crippen LogP contribution in [0.3, 0.4) is 0 Å². The van der Waals surface area contributed by atoms with Crippen molar-refractivity contribution in [3.05, 3.63) is 66.0 Å². The summed E-state index contributed by atoms with van der Waals surface area (Å²) in [5.41, 5.74) is 1.91. The molecule has 4 rings (SSSR count). The number of para-hydroxylation sites is 1. The van der Waals surface area contributed by atoms with Crippen molar-refractivity contribution in [2.24, 2.45) is 0 Å². The molecule has 2 amide bonds. The summed E-state index contributed by atoms with van der Waals surface area (Å²) in [5, 5.41) is 3.13. The van der Waals surface area contributed by atoms with Crippen LogP contribution in [0.15, 0.2) is 54.6 Å². The first-order valence-corrected chi connectivity index (χ1v) is 8.82. The van der Waals surface area contributed by atoms with E-state index in [9.17, 15) is 9.18 Å². The number of nitrogens with one attached hydrogen (secondary N) is 1. The molecule has 1 saturated carbocycles. The molecule has 1 N–H and O–H groups in total.